The van der Waals surface area contributed by atoms with Gasteiger partial charge in [-0.05, 0) is 29.0 Å². The van der Waals surface area contributed by atoms with E-state index in [-0.39, 0.29) is 21.4 Å². The minimum Gasteiger partial charge on any atom is -0.872 e. The monoisotopic (exact) mass is 302 g/mol. The van der Waals surface area contributed by atoms with Gasteiger partial charge in [0.2, 0.25) is 0 Å². The molecule has 2 aromatic carbocycles. The number of fused-ring (bicyclic) bond motifs is 1. The topological polar surface area (TPSA) is 119 Å². The summed E-state index contributed by atoms with van der Waals surface area (Å²) in [7, 11) is -4.59. The van der Waals surface area contributed by atoms with Crippen molar-refractivity contribution >= 4 is 32.9 Å². The molecule has 2 rings (SSSR count). The summed E-state index contributed by atoms with van der Waals surface area (Å²) in [5, 5.41) is 23.7. The summed E-state index contributed by atoms with van der Waals surface area (Å²) >= 11 is 0.563. The number of hydrogen-bond donors (Lipinski definition) is 1. The first-order valence-corrected chi connectivity index (χ1v) is 6.92. The first-order chi connectivity index (χ1) is 8.91. The summed E-state index contributed by atoms with van der Waals surface area (Å²) in [6.45, 7) is 0. The summed E-state index contributed by atoms with van der Waals surface area (Å²) < 4.78 is 36.9. The van der Waals surface area contributed by atoms with E-state index in [1.54, 1.807) is 0 Å². The highest BCUT2D eigenvalue weighted by Gasteiger charge is 2.05. The maximum atomic E-state index is 11.7. The molecule has 0 heterocycles. The average Bonchev–Trinajstić information content (AvgIpc) is 2.34. The molecule has 0 atom stereocenters. The van der Waals surface area contributed by atoms with Gasteiger partial charge >= 0.3 is 0 Å². The largest absolute Gasteiger partial charge is 0.872 e. The van der Waals surface area contributed by atoms with Gasteiger partial charge in [-0.25, -0.2) is 13.7 Å². The lowest BCUT2D eigenvalue weighted by Crippen LogP contribution is -1.99. The Morgan fingerprint density at radius 1 is 1.21 bits per heavy atom. The minimum atomic E-state index is -4.59. The molecule has 0 radical (unpaired) electrons. The molecule has 102 valence electrons. The quantitative estimate of drug-likeness (QED) is 0.388. The molecule has 0 aliphatic rings. The van der Waals surface area contributed by atoms with E-state index < -0.39 is 15.0 Å². The molecule has 0 amide bonds. The smallest absolute Gasteiger partial charge is 0.124 e. The van der Waals surface area contributed by atoms with Gasteiger partial charge in [0.25, 0.3) is 0 Å². The molecule has 1 N–H and O–H groups in total. The molecule has 0 saturated heterocycles. The summed E-state index contributed by atoms with van der Waals surface area (Å²) in [6.07, 6.45) is 0. The maximum absolute atomic E-state index is 11.7. The van der Waals surface area contributed by atoms with Gasteiger partial charge in [0, 0.05) is 4.90 Å². The molecular weight excluding hydrogens is 296 g/mol. The van der Waals surface area contributed by atoms with E-state index in [0.29, 0.717) is 12.0 Å². The molecule has 9 heteroatoms. The van der Waals surface area contributed by atoms with Crippen molar-refractivity contribution in [3.63, 3.8) is 0 Å². The van der Waals surface area contributed by atoms with Crippen molar-refractivity contribution in [2.24, 2.45) is 0 Å². The van der Waals surface area contributed by atoms with Crippen LogP contribution in [0.1, 0.15) is 0 Å². The van der Waals surface area contributed by atoms with Gasteiger partial charge < -0.3 is 9.66 Å². The van der Waals surface area contributed by atoms with E-state index in [9.17, 15) is 18.1 Å². The molecule has 0 fully saturated rings. The molecule has 0 unspecified atom stereocenters. The normalized spacial score (nSPS) is 11.9. The molecule has 0 bridgehead atoms. The first kappa shape index (κ1) is 14.1. The van der Waals surface area contributed by atoms with Crippen molar-refractivity contribution in [1.29, 1.82) is 0 Å². The van der Waals surface area contributed by atoms with Gasteiger partial charge in [0.05, 0.1) is 16.9 Å². The second-order valence-electron chi connectivity index (χ2n) is 3.48. The van der Waals surface area contributed by atoms with Crippen LogP contribution in [0.2, 0.25) is 0 Å². The second-order valence-corrected chi connectivity index (χ2v) is 5.64. The van der Waals surface area contributed by atoms with E-state index in [0.717, 1.165) is 12.1 Å². The van der Waals surface area contributed by atoms with Crippen LogP contribution in [0.25, 0.3) is 10.8 Å². The Labute approximate surface area is 112 Å². The Bertz CT molecular complexity index is 711. The molecule has 0 aromatic heterocycles. The Kier molecular flexibility index (Phi) is 3.94. The van der Waals surface area contributed by atoms with E-state index in [2.05, 4.69) is 9.37 Å². The van der Waals surface area contributed by atoms with Gasteiger partial charge in [-0.15, -0.1) is 4.33 Å². The predicted octanol–water partition coefficient (Wildman–Crippen LogP) is 1.25. The summed E-state index contributed by atoms with van der Waals surface area (Å²) in [5.41, 5.74) is 0. The van der Waals surface area contributed by atoms with Gasteiger partial charge in [0.1, 0.15) is 10.1 Å². The molecular formula is C10H6O7S2-2. The zero-order chi connectivity index (χ0) is 14.0. The minimum absolute atomic E-state index is 0.265. The van der Waals surface area contributed by atoms with Crippen molar-refractivity contribution in [3.8, 4) is 5.75 Å². The van der Waals surface area contributed by atoms with Crippen LogP contribution in [0.15, 0.2) is 40.1 Å². The molecule has 0 aliphatic heterocycles. The summed E-state index contributed by atoms with van der Waals surface area (Å²) in [4.78, 5) is -0.145. The maximum Gasteiger partial charge on any atom is 0.124 e. The zero-order valence-corrected chi connectivity index (χ0v) is 10.7. The highest BCUT2D eigenvalue weighted by atomic mass is 32.2. The van der Waals surface area contributed by atoms with Crippen molar-refractivity contribution in [2.45, 2.75) is 9.79 Å². The Balaban J connectivity index is 2.56. The number of rotatable bonds is 4. The third kappa shape index (κ3) is 3.15. The SMILES string of the molecule is O=S(=O)([O-])c1ccc2c([O-])cc(SOOO)cc2c1. The third-order valence-corrected chi connectivity index (χ3v) is 3.70. The van der Waals surface area contributed by atoms with Crippen LogP contribution in [0, 0.1) is 0 Å². The van der Waals surface area contributed by atoms with Gasteiger partial charge in [-0.1, -0.05) is 22.9 Å². The van der Waals surface area contributed by atoms with Crippen molar-refractivity contribution < 1.29 is 32.7 Å². The van der Waals surface area contributed by atoms with Crippen LogP contribution in [0.3, 0.4) is 0 Å². The van der Waals surface area contributed by atoms with Crippen LogP contribution in [-0.2, 0) is 19.5 Å². The van der Waals surface area contributed by atoms with Crippen molar-refractivity contribution in [2.75, 3.05) is 0 Å². The van der Waals surface area contributed by atoms with E-state index in [4.69, 9.17) is 5.26 Å². The molecule has 19 heavy (non-hydrogen) atoms. The Morgan fingerprint density at radius 2 is 1.95 bits per heavy atom. The zero-order valence-electron chi connectivity index (χ0n) is 9.10. The van der Waals surface area contributed by atoms with Crippen LogP contribution < -0.4 is 5.11 Å². The highest BCUT2D eigenvalue weighted by molar-refractivity contribution is 7.94. The first-order valence-electron chi connectivity index (χ1n) is 4.77. The molecule has 0 aliphatic carbocycles. The van der Waals surface area contributed by atoms with Gasteiger partial charge in [-0.2, -0.15) is 0 Å². The Hall–Kier alpha value is -1.36. The molecule has 7 nitrogen and oxygen atoms in total. The van der Waals surface area contributed by atoms with Crippen LogP contribution in [0.5, 0.6) is 5.75 Å². The van der Waals surface area contributed by atoms with E-state index in [1.165, 1.54) is 18.2 Å². The van der Waals surface area contributed by atoms with Crippen LogP contribution in [0.4, 0.5) is 0 Å². The second kappa shape index (κ2) is 5.33. The van der Waals surface area contributed by atoms with E-state index in [1.807, 2.05) is 0 Å². The number of benzene rings is 2. The molecule has 0 spiro atoms. The lowest BCUT2D eigenvalue weighted by atomic mass is 10.1. The number of hydrogen-bond acceptors (Lipinski definition) is 8. The van der Waals surface area contributed by atoms with Crippen molar-refractivity contribution in [3.05, 3.63) is 30.3 Å². The summed E-state index contributed by atoms with van der Waals surface area (Å²) in [5.74, 6) is -0.378. The highest BCUT2D eigenvalue weighted by Crippen LogP contribution is 2.31. The van der Waals surface area contributed by atoms with Crippen LogP contribution >= 0.6 is 12.0 Å². The van der Waals surface area contributed by atoms with Crippen molar-refractivity contribution in [1.82, 2.24) is 0 Å². The fourth-order valence-corrected chi connectivity index (χ4v) is 2.49. The lowest BCUT2D eigenvalue weighted by Gasteiger charge is -2.14. The van der Waals surface area contributed by atoms with Gasteiger partial charge in [0.15, 0.2) is 0 Å². The average molecular weight is 302 g/mol. The lowest BCUT2D eigenvalue weighted by molar-refractivity contribution is -0.432. The van der Waals surface area contributed by atoms with E-state index >= 15 is 0 Å². The fourth-order valence-electron chi connectivity index (χ4n) is 1.54. The van der Waals surface area contributed by atoms with Crippen LogP contribution in [-0.4, -0.2) is 18.2 Å². The standard InChI is InChI=1S/C10H8O7S2/c11-10-5-7(18-17-16-12)3-6-4-8(19(13,14)15)1-2-9(6)10/h1-5,11-12H,(H,13,14,15)/p-2. The molecule has 0 saturated carbocycles. The summed E-state index contributed by atoms with van der Waals surface area (Å²) in [6, 6.07) is 6.09. The molecule has 2 aromatic rings. The van der Waals surface area contributed by atoms with Gasteiger partial charge in [-0.3, -0.25) is 0 Å². The fraction of sp³-hybridized carbons (Fsp3) is 0. The third-order valence-electron chi connectivity index (χ3n) is 2.31. The Morgan fingerprint density at radius 3 is 2.58 bits per heavy atom. The predicted molar refractivity (Wildman–Crippen MR) is 62.0 cm³/mol.